The topological polar surface area (TPSA) is 48.0 Å². The van der Waals surface area contributed by atoms with Gasteiger partial charge in [-0.1, -0.05) is 25.0 Å². The summed E-state index contributed by atoms with van der Waals surface area (Å²) in [6.45, 7) is 0.732. The third-order valence-electron chi connectivity index (χ3n) is 5.15. The van der Waals surface area contributed by atoms with Crippen LogP contribution in [0.5, 0.6) is 17.2 Å². The Morgan fingerprint density at radius 3 is 2.26 bits per heavy atom. The van der Waals surface area contributed by atoms with Crippen LogP contribution in [-0.2, 0) is 0 Å². The summed E-state index contributed by atoms with van der Waals surface area (Å²) in [5, 5.41) is 0. The molecule has 0 aliphatic carbocycles. The monoisotopic (exact) mass is 369 g/mol. The number of nitrogens with zero attached hydrogens (tertiary/aromatic N) is 1. The van der Waals surface area contributed by atoms with Crippen LogP contribution in [0.15, 0.2) is 42.5 Å². The number of hydrogen-bond acceptors (Lipinski definition) is 4. The van der Waals surface area contributed by atoms with Crippen LogP contribution in [0.25, 0.3) is 0 Å². The molecule has 1 unspecified atom stereocenters. The Kier molecular flexibility index (Phi) is 6.22. The van der Waals surface area contributed by atoms with E-state index in [4.69, 9.17) is 14.2 Å². The van der Waals surface area contributed by atoms with Crippen LogP contribution in [0.1, 0.15) is 47.6 Å². The highest BCUT2D eigenvalue weighted by Gasteiger charge is 2.29. The Hall–Kier alpha value is -2.69. The predicted molar refractivity (Wildman–Crippen MR) is 105 cm³/mol. The van der Waals surface area contributed by atoms with Crippen molar-refractivity contribution in [3.05, 3.63) is 53.6 Å². The zero-order chi connectivity index (χ0) is 19.2. The van der Waals surface area contributed by atoms with Crippen LogP contribution in [-0.4, -0.2) is 38.7 Å². The highest BCUT2D eigenvalue weighted by molar-refractivity contribution is 5.97. The van der Waals surface area contributed by atoms with Crippen LogP contribution < -0.4 is 14.2 Å². The van der Waals surface area contributed by atoms with Gasteiger partial charge in [-0.3, -0.25) is 4.79 Å². The molecule has 0 aromatic heterocycles. The molecular weight excluding hydrogens is 342 g/mol. The minimum Gasteiger partial charge on any atom is -0.497 e. The van der Waals surface area contributed by atoms with Gasteiger partial charge in [0.2, 0.25) is 0 Å². The van der Waals surface area contributed by atoms with Gasteiger partial charge in [0.1, 0.15) is 17.2 Å². The first-order valence-electron chi connectivity index (χ1n) is 9.35. The maximum atomic E-state index is 13.5. The van der Waals surface area contributed by atoms with Crippen molar-refractivity contribution >= 4 is 5.91 Å². The number of benzene rings is 2. The van der Waals surface area contributed by atoms with Crippen molar-refractivity contribution < 1.29 is 19.0 Å². The number of ether oxygens (including phenoxy) is 3. The van der Waals surface area contributed by atoms with Crippen LogP contribution in [0, 0.1) is 0 Å². The summed E-state index contributed by atoms with van der Waals surface area (Å²) in [4.78, 5) is 15.5. The molecule has 0 N–H and O–H groups in total. The van der Waals surface area contributed by atoms with Crippen LogP contribution in [0.3, 0.4) is 0 Å². The molecule has 0 spiro atoms. The van der Waals surface area contributed by atoms with E-state index < -0.39 is 0 Å². The van der Waals surface area contributed by atoms with Gasteiger partial charge in [-0.15, -0.1) is 0 Å². The summed E-state index contributed by atoms with van der Waals surface area (Å²) in [6, 6.07) is 13.4. The van der Waals surface area contributed by atoms with E-state index in [1.807, 2.05) is 17.0 Å². The first-order chi connectivity index (χ1) is 13.2. The molecule has 2 aromatic carbocycles. The zero-order valence-electron chi connectivity index (χ0n) is 16.2. The maximum absolute atomic E-state index is 13.5. The summed E-state index contributed by atoms with van der Waals surface area (Å²) in [5.74, 6) is 2.02. The molecule has 1 atom stereocenters. The Bertz CT molecular complexity index is 772. The molecule has 2 aromatic rings. The number of hydrogen-bond donors (Lipinski definition) is 0. The van der Waals surface area contributed by atoms with E-state index >= 15 is 0 Å². The van der Waals surface area contributed by atoms with Crippen LogP contribution in [0.2, 0.25) is 0 Å². The average Bonchev–Trinajstić information content (AvgIpc) is 2.99. The van der Waals surface area contributed by atoms with E-state index in [9.17, 15) is 4.79 Å². The number of methoxy groups -OCH3 is 3. The van der Waals surface area contributed by atoms with Crippen molar-refractivity contribution in [2.24, 2.45) is 0 Å². The second-order valence-electron chi connectivity index (χ2n) is 6.70. The molecule has 0 radical (unpaired) electrons. The molecule has 3 rings (SSSR count). The lowest BCUT2D eigenvalue weighted by molar-refractivity contribution is 0.0677. The first-order valence-corrected chi connectivity index (χ1v) is 9.35. The van der Waals surface area contributed by atoms with Gasteiger partial charge >= 0.3 is 0 Å². The fourth-order valence-corrected chi connectivity index (χ4v) is 3.66. The van der Waals surface area contributed by atoms with Crippen LogP contribution in [0.4, 0.5) is 0 Å². The van der Waals surface area contributed by atoms with E-state index in [-0.39, 0.29) is 11.9 Å². The molecule has 1 amide bonds. The number of rotatable bonds is 5. The summed E-state index contributed by atoms with van der Waals surface area (Å²) in [5.41, 5.74) is 1.67. The lowest BCUT2D eigenvalue weighted by Crippen LogP contribution is -2.35. The molecule has 144 valence electrons. The molecule has 5 nitrogen and oxygen atoms in total. The fourth-order valence-electron chi connectivity index (χ4n) is 3.66. The summed E-state index contributed by atoms with van der Waals surface area (Å²) < 4.78 is 16.0. The van der Waals surface area contributed by atoms with Crippen molar-refractivity contribution in [1.82, 2.24) is 4.90 Å². The van der Waals surface area contributed by atoms with Gasteiger partial charge in [-0.05, 0) is 48.7 Å². The van der Waals surface area contributed by atoms with E-state index in [0.29, 0.717) is 17.1 Å². The molecule has 0 bridgehead atoms. The minimum atomic E-state index is -0.0199. The van der Waals surface area contributed by atoms with Gasteiger partial charge in [-0.2, -0.15) is 0 Å². The molecule has 1 heterocycles. The summed E-state index contributed by atoms with van der Waals surface area (Å²) >= 11 is 0. The van der Waals surface area contributed by atoms with E-state index in [0.717, 1.165) is 43.5 Å². The number of carbonyl (C=O) groups is 1. The molecule has 5 heteroatoms. The highest BCUT2D eigenvalue weighted by atomic mass is 16.5. The number of amides is 1. The SMILES string of the molecule is COc1ccc(C2CCCCCN2C(=O)c2cc(OC)ccc2OC)cc1. The molecular formula is C22H27NO4. The normalized spacial score (nSPS) is 17.1. The molecule has 1 aliphatic heterocycles. The van der Waals surface area contributed by atoms with Crippen LogP contribution >= 0.6 is 0 Å². The third kappa shape index (κ3) is 4.18. The standard InChI is InChI=1S/C22H27NO4/c1-25-17-10-8-16(9-11-17)20-7-5-4-6-14-23(20)22(24)19-15-18(26-2)12-13-21(19)27-3/h8-13,15,20H,4-7,14H2,1-3H3. The third-order valence-corrected chi connectivity index (χ3v) is 5.15. The summed E-state index contributed by atoms with van der Waals surface area (Å²) in [7, 11) is 4.84. The van der Waals surface area contributed by atoms with E-state index in [1.165, 1.54) is 0 Å². The predicted octanol–water partition coefficient (Wildman–Crippen LogP) is 4.47. The van der Waals surface area contributed by atoms with Crippen molar-refractivity contribution in [2.75, 3.05) is 27.9 Å². The van der Waals surface area contributed by atoms with Gasteiger partial charge in [-0.25, -0.2) is 0 Å². The Morgan fingerprint density at radius 2 is 1.59 bits per heavy atom. The largest absolute Gasteiger partial charge is 0.497 e. The molecule has 0 saturated carbocycles. The zero-order valence-corrected chi connectivity index (χ0v) is 16.2. The molecule has 1 fully saturated rings. The molecule has 1 aliphatic rings. The Labute approximate surface area is 160 Å². The maximum Gasteiger partial charge on any atom is 0.258 e. The van der Waals surface area contributed by atoms with Gasteiger partial charge in [0, 0.05) is 6.54 Å². The lowest BCUT2D eigenvalue weighted by atomic mass is 9.99. The van der Waals surface area contributed by atoms with Crippen molar-refractivity contribution in [3.63, 3.8) is 0 Å². The number of carbonyl (C=O) groups excluding carboxylic acids is 1. The van der Waals surface area contributed by atoms with Gasteiger partial charge in [0.15, 0.2) is 0 Å². The van der Waals surface area contributed by atoms with Gasteiger partial charge < -0.3 is 19.1 Å². The Balaban J connectivity index is 1.96. The second-order valence-corrected chi connectivity index (χ2v) is 6.70. The van der Waals surface area contributed by atoms with Crippen molar-refractivity contribution in [1.29, 1.82) is 0 Å². The quantitative estimate of drug-likeness (QED) is 0.780. The molecule has 1 saturated heterocycles. The highest BCUT2D eigenvalue weighted by Crippen LogP contribution is 2.34. The van der Waals surface area contributed by atoms with Gasteiger partial charge in [0.05, 0.1) is 32.9 Å². The number of likely N-dealkylation sites (tertiary alicyclic amines) is 1. The molecule has 27 heavy (non-hydrogen) atoms. The smallest absolute Gasteiger partial charge is 0.258 e. The van der Waals surface area contributed by atoms with Gasteiger partial charge in [0.25, 0.3) is 5.91 Å². The lowest BCUT2D eigenvalue weighted by Gasteiger charge is -2.31. The average molecular weight is 369 g/mol. The Morgan fingerprint density at radius 1 is 0.889 bits per heavy atom. The first kappa shape index (κ1) is 19.1. The summed E-state index contributed by atoms with van der Waals surface area (Å²) in [6.07, 6.45) is 4.19. The van der Waals surface area contributed by atoms with E-state index in [1.54, 1.807) is 39.5 Å². The fraction of sp³-hybridized carbons (Fsp3) is 0.409. The second kappa shape index (κ2) is 8.80. The van der Waals surface area contributed by atoms with Crippen molar-refractivity contribution in [2.45, 2.75) is 31.7 Å². The van der Waals surface area contributed by atoms with Crippen molar-refractivity contribution in [3.8, 4) is 17.2 Å². The minimum absolute atomic E-state index is 0.0199. The van der Waals surface area contributed by atoms with E-state index in [2.05, 4.69) is 12.1 Å².